The van der Waals surface area contributed by atoms with Gasteiger partial charge < -0.3 is 16.0 Å². The lowest BCUT2D eigenvalue weighted by Gasteiger charge is -2.24. The second-order valence-corrected chi connectivity index (χ2v) is 5.13. The highest BCUT2D eigenvalue weighted by Gasteiger charge is 2.34. The molecule has 3 N–H and O–H groups in total. The minimum absolute atomic E-state index is 0.0287. The largest absolute Gasteiger partial charge is 0.418 e. The monoisotopic (exact) mass is 303 g/mol. The Morgan fingerprint density at radius 1 is 1.38 bits per heavy atom. The van der Waals surface area contributed by atoms with E-state index < -0.39 is 11.7 Å². The van der Waals surface area contributed by atoms with Crippen LogP contribution in [0.15, 0.2) is 18.2 Å². The Balaban J connectivity index is 3.03. The SMILES string of the molecule is CC(C)NC(=O)CN(C)c1ccc(CN)cc1C(F)(F)F. The molecule has 0 saturated carbocycles. The van der Waals surface area contributed by atoms with E-state index in [2.05, 4.69) is 5.32 Å². The lowest BCUT2D eigenvalue weighted by molar-refractivity contribution is -0.137. The first kappa shape index (κ1) is 17.3. The Bertz CT molecular complexity index is 501. The van der Waals surface area contributed by atoms with E-state index in [-0.39, 0.29) is 30.7 Å². The van der Waals surface area contributed by atoms with Crippen molar-refractivity contribution < 1.29 is 18.0 Å². The van der Waals surface area contributed by atoms with Gasteiger partial charge in [0, 0.05) is 25.3 Å². The van der Waals surface area contributed by atoms with E-state index in [0.29, 0.717) is 5.56 Å². The highest BCUT2D eigenvalue weighted by atomic mass is 19.4. The number of nitrogens with one attached hydrogen (secondary N) is 1. The van der Waals surface area contributed by atoms with E-state index >= 15 is 0 Å². The summed E-state index contributed by atoms with van der Waals surface area (Å²) in [5, 5.41) is 2.64. The third-order valence-electron chi connectivity index (χ3n) is 2.84. The fraction of sp³-hybridized carbons (Fsp3) is 0.500. The Morgan fingerprint density at radius 2 is 2.00 bits per heavy atom. The summed E-state index contributed by atoms with van der Waals surface area (Å²) in [4.78, 5) is 12.9. The number of halogens is 3. The van der Waals surface area contributed by atoms with Gasteiger partial charge in [0.1, 0.15) is 0 Å². The molecular formula is C14H20F3N3O. The molecule has 4 nitrogen and oxygen atoms in total. The number of hydrogen-bond acceptors (Lipinski definition) is 3. The quantitative estimate of drug-likeness (QED) is 0.876. The molecule has 0 aromatic heterocycles. The fourth-order valence-electron chi connectivity index (χ4n) is 1.94. The second-order valence-electron chi connectivity index (χ2n) is 5.13. The highest BCUT2D eigenvalue weighted by Crippen LogP contribution is 2.36. The summed E-state index contributed by atoms with van der Waals surface area (Å²) in [7, 11) is 1.45. The average molecular weight is 303 g/mol. The van der Waals surface area contributed by atoms with Gasteiger partial charge in [-0.1, -0.05) is 6.07 Å². The van der Waals surface area contributed by atoms with Crippen LogP contribution >= 0.6 is 0 Å². The molecule has 0 saturated heterocycles. The number of rotatable bonds is 5. The Labute approximate surface area is 122 Å². The van der Waals surface area contributed by atoms with Gasteiger partial charge in [-0.05, 0) is 31.5 Å². The number of benzene rings is 1. The summed E-state index contributed by atoms with van der Waals surface area (Å²) >= 11 is 0. The van der Waals surface area contributed by atoms with Gasteiger partial charge in [-0.2, -0.15) is 13.2 Å². The lowest BCUT2D eigenvalue weighted by atomic mass is 10.1. The van der Waals surface area contributed by atoms with E-state index in [4.69, 9.17) is 5.73 Å². The number of hydrogen-bond donors (Lipinski definition) is 2. The first-order chi connectivity index (χ1) is 9.65. The molecule has 118 valence electrons. The van der Waals surface area contributed by atoms with Crippen molar-refractivity contribution in [2.75, 3.05) is 18.5 Å². The third kappa shape index (κ3) is 4.93. The van der Waals surface area contributed by atoms with Gasteiger partial charge >= 0.3 is 6.18 Å². The molecule has 0 unspecified atom stereocenters. The van der Waals surface area contributed by atoms with Crippen molar-refractivity contribution in [2.45, 2.75) is 32.6 Å². The first-order valence-corrected chi connectivity index (χ1v) is 6.55. The summed E-state index contributed by atoms with van der Waals surface area (Å²) in [5.74, 6) is -0.330. The van der Waals surface area contributed by atoms with Gasteiger partial charge in [0.2, 0.25) is 5.91 Å². The topological polar surface area (TPSA) is 58.4 Å². The van der Waals surface area contributed by atoms with Crippen molar-refractivity contribution in [2.24, 2.45) is 5.73 Å². The minimum Gasteiger partial charge on any atom is -0.365 e. The smallest absolute Gasteiger partial charge is 0.365 e. The van der Waals surface area contributed by atoms with Crippen LogP contribution in [0.5, 0.6) is 0 Å². The van der Waals surface area contributed by atoms with Crippen LogP contribution in [0.2, 0.25) is 0 Å². The Morgan fingerprint density at radius 3 is 2.48 bits per heavy atom. The van der Waals surface area contributed by atoms with Crippen LogP contribution in [0, 0.1) is 0 Å². The van der Waals surface area contributed by atoms with Crippen molar-refractivity contribution in [1.29, 1.82) is 0 Å². The number of nitrogens with two attached hydrogens (primary N) is 1. The molecule has 0 aliphatic rings. The number of carbonyl (C=O) groups excluding carboxylic acids is 1. The van der Waals surface area contributed by atoms with Crippen molar-refractivity contribution in [3.05, 3.63) is 29.3 Å². The van der Waals surface area contributed by atoms with E-state index in [9.17, 15) is 18.0 Å². The van der Waals surface area contributed by atoms with Crippen molar-refractivity contribution in [3.63, 3.8) is 0 Å². The molecule has 0 aliphatic carbocycles. The number of likely N-dealkylation sites (N-methyl/N-ethyl adjacent to an activating group) is 1. The summed E-state index contributed by atoms with van der Waals surface area (Å²) in [6, 6.07) is 3.83. The summed E-state index contributed by atoms with van der Waals surface area (Å²) < 4.78 is 39.3. The number of carbonyl (C=O) groups is 1. The van der Waals surface area contributed by atoms with Gasteiger partial charge in [-0.25, -0.2) is 0 Å². The fourth-order valence-corrected chi connectivity index (χ4v) is 1.94. The lowest BCUT2D eigenvalue weighted by Crippen LogP contribution is -2.39. The molecule has 21 heavy (non-hydrogen) atoms. The van der Waals surface area contributed by atoms with E-state index in [1.165, 1.54) is 24.1 Å². The molecule has 0 spiro atoms. The maximum atomic E-state index is 13.1. The third-order valence-corrected chi connectivity index (χ3v) is 2.84. The highest BCUT2D eigenvalue weighted by molar-refractivity contribution is 5.81. The predicted octanol–water partition coefficient (Wildman–Crippen LogP) is 2.12. The van der Waals surface area contributed by atoms with Crippen LogP contribution < -0.4 is 16.0 Å². The maximum absolute atomic E-state index is 13.1. The van der Waals surface area contributed by atoms with Gasteiger partial charge in [0.25, 0.3) is 0 Å². The molecule has 0 fully saturated rings. The zero-order valence-electron chi connectivity index (χ0n) is 12.3. The van der Waals surface area contributed by atoms with Crippen molar-refractivity contribution >= 4 is 11.6 Å². The molecule has 0 atom stereocenters. The van der Waals surface area contributed by atoms with Crippen LogP contribution in [0.25, 0.3) is 0 Å². The zero-order valence-corrected chi connectivity index (χ0v) is 12.3. The number of amides is 1. The summed E-state index contributed by atoms with van der Waals surface area (Å²) in [6.07, 6.45) is -4.50. The van der Waals surface area contributed by atoms with Crippen LogP contribution in [-0.2, 0) is 17.5 Å². The van der Waals surface area contributed by atoms with Gasteiger partial charge in [0.05, 0.1) is 12.1 Å². The first-order valence-electron chi connectivity index (χ1n) is 6.55. The van der Waals surface area contributed by atoms with Crippen molar-refractivity contribution in [1.82, 2.24) is 5.32 Å². The van der Waals surface area contributed by atoms with E-state index in [0.717, 1.165) is 6.07 Å². The van der Waals surface area contributed by atoms with Crippen LogP contribution in [-0.4, -0.2) is 25.5 Å². The zero-order chi connectivity index (χ0) is 16.2. The molecule has 1 aromatic rings. The predicted molar refractivity (Wildman–Crippen MR) is 75.9 cm³/mol. The van der Waals surface area contributed by atoms with Gasteiger partial charge in [-0.3, -0.25) is 4.79 Å². The Hall–Kier alpha value is -1.76. The second kappa shape index (κ2) is 6.80. The number of nitrogens with zero attached hydrogens (tertiary/aromatic N) is 1. The van der Waals surface area contributed by atoms with Gasteiger partial charge in [-0.15, -0.1) is 0 Å². The molecule has 1 rings (SSSR count). The number of alkyl halides is 3. The molecule has 0 radical (unpaired) electrons. The molecule has 7 heteroatoms. The minimum atomic E-state index is -4.50. The van der Waals surface area contributed by atoms with Gasteiger partial charge in [0.15, 0.2) is 0 Å². The van der Waals surface area contributed by atoms with Crippen LogP contribution in [0.1, 0.15) is 25.0 Å². The van der Waals surface area contributed by atoms with Crippen LogP contribution in [0.4, 0.5) is 18.9 Å². The normalized spacial score (nSPS) is 11.6. The molecule has 1 aromatic carbocycles. The average Bonchev–Trinajstić information content (AvgIpc) is 2.35. The molecule has 1 amide bonds. The maximum Gasteiger partial charge on any atom is 0.418 e. The molecule has 0 aliphatic heterocycles. The molecular weight excluding hydrogens is 283 g/mol. The number of anilines is 1. The summed E-state index contributed by atoms with van der Waals surface area (Å²) in [6.45, 7) is 3.45. The van der Waals surface area contributed by atoms with E-state index in [1.54, 1.807) is 13.8 Å². The van der Waals surface area contributed by atoms with Crippen LogP contribution in [0.3, 0.4) is 0 Å². The Kier molecular flexibility index (Phi) is 5.60. The van der Waals surface area contributed by atoms with Crippen molar-refractivity contribution in [3.8, 4) is 0 Å². The molecule has 0 heterocycles. The summed E-state index contributed by atoms with van der Waals surface area (Å²) in [5.41, 5.74) is 4.94. The standard InChI is InChI=1S/C14H20F3N3O/c1-9(2)19-13(21)8-20(3)12-5-4-10(7-18)6-11(12)14(15,16)17/h4-6,9H,7-8,18H2,1-3H3,(H,19,21). The van der Waals surface area contributed by atoms with E-state index in [1.807, 2.05) is 0 Å². The molecule has 0 bridgehead atoms.